The number of amides is 1. The largest absolute Gasteiger partial charge is 0.382 e. The number of halogens is 1. The van der Waals surface area contributed by atoms with Crippen molar-refractivity contribution in [3.63, 3.8) is 0 Å². The molecule has 1 amide bonds. The summed E-state index contributed by atoms with van der Waals surface area (Å²) >= 11 is 3.19. The predicted octanol–water partition coefficient (Wildman–Crippen LogP) is 2.03. The minimum Gasteiger partial charge on any atom is -0.382 e. The maximum absolute atomic E-state index is 12.5. The molecule has 0 saturated heterocycles. The maximum Gasteiger partial charge on any atom is 0.278 e. The van der Waals surface area contributed by atoms with E-state index in [1.165, 1.54) is 6.20 Å². The smallest absolute Gasteiger partial charge is 0.278 e. The summed E-state index contributed by atoms with van der Waals surface area (Å²) in [6.45, 7) is 4.69. The summed E-state index contributed by atoms with van der Waals surface area (Å²) in [7, 11) is 1.93. The maximum atomic E-state index is 12.5. The third-order valence-corrected chi connectivity index (χ3v) is 3.92. The van der Waals surface area contributed by atoms with Gasteiger partial charge in [-0.05, 0) is 42.3 Å². The van der Waals surface area contributed by atoms with Gasteiger partial charge in [-0.3, -0.25) is 9.78 Å². The molecule has 0 bridgehead atoms. The second kappa shape index (κ2) is 7.75. The summed E-state index contributed by atoms with van der Waals surface area (Å²) in [5, 5.41) is 2.80. The molecule has 0 aliphatic rings. The molecule has 0 radical (unpaired) electrons. The van der Waals surface area contributed by atoms with Crippen LogP contribution in [0.5, 0.6) is 0 Å². The van der Waals surface area contributed by atoms with Gasteiger partial charge in [-0.25, -0.2) is 9.97 Å². The Morgan fingerprint density at radius 1 is 1.40 bits per heavy atom. The van der Waals surface area contributed by atoms with E-state index in [4.69, 9.17) is 11.5 Å². The van der Waals surface area contributed by atoms with Crippen molar-refractivity contribution in [3.8, 4) is 0 Å². The topological polar surface area (TPSA) is 123 Å². The number of nitrogen functional groups attached to an aromatic ring is 1. The molecule has 25 heavy (non-hydrogen) atoms. The Balaban J connectivity index is 2.20. The number of nitrogens with zero attached hydrogens (tertiary/aromatic N) is 4. The molecule has 0 aliphatic carbocycles. The minimum atomic E-state index is -0.451. The number of anilines is 3. The van der Waals surface area contributed by atoms with Gasteiger partial charge in [0, 0.05) is 25.3 Å². The van der Waals surface area contributed by atoms with Crippen molar-refractivity contribution < 1.29 is 4.79 Å². The number of carbonyl (C=O) groups is 1. The SMILES string of the molecule is CN(CCC(C)(C)N)c1ccncc1NC(=O)c1nc(Br)cnc1N. The lowest BCUT2D eigenvalue weighted by molar-refractivity contribution is 0.102. The van der Waals surface area contributed by atoms with Crippen LogP contribution in [0, 0.1) is 0 Å². The molecule has 0 saturated carbocycles. The molecule has 0 aromatic carbocycles. The van der Waals surface area contributed by atoms with Gasteiger partial charge in [-0.15, -0.1) is 0 Å². The van der Waals surface area contributed by atoms with Crippen LogP contribution in [0.15, 0.2) is 29.3 Å². The Hall–Kier alpha value is -2.26. The highest BCUT2D eigenvalue weighted by Crippen LogP contribution is 2.25. The van der Waals surface area contributed by atoms with Gasteiger partial charge in [0.25, 0.3) is 5.91 Å². The summed E-state index contributed by atoms with van der Waals surface area (Å²) in [6.07, 6.45) is 5.48. The van der Waals surface area contributed by atoms with E-state index in [1.54, 1.807) is 12.4 Å². The van der Waals surface area contributed by atoms with Crippen molar-refractivity contribution in [2.45, 2.75) is 25.8 Å². The van der Waals surface area contributed by atoms with E-state index in [0.29, 0.717) is 10.3 Å². The van der Waals surface area contributed by atoms with Gasteiger partial charge >= 0.3 is 0 Å². The van der Waals surface area contributed by atoms with Crippen molar-refractivity contribution in [1.29, 1.82) is 0 Å². The van der Waals surface area contributed by atoms with E-state index in [1.807, 2.05) is 31.9 Å². The predicted molar refractivity (Wildman–Crippen MR) is 102 cm³/mol. The van der Waals surface area contributed by atoms with Crippen LogP contribution < -0.4 is 21.7 Å². The summed E-state index contributed by atoms with van der Waals surface area (Å²) in [6, 6.07) is 1.83. The first-order valence-corrected chi connectivity index (χ1v) is 8.50. The lowest BCUT2D eigenvalue weighted by Crippen LogP contribution is -2.36. The Morgan fingerprint density at radius 3 is 2.80 bits per heavy atom. The molecule has 2 aromatic rings. The number of rotatable bonds is 6. The van der Waals surface area contributed by atoms with Gasteiger partial charge in [0.1, 0.15) is 4.60 Å². The molecule has 0 spiro atoms. The van der Waals surface area contributed by atoms with Gasteiger partial charge in [0.05, 0.1) is 23.8 Å². The molecule has 8 nitrogen and oxygen atoms in total. The van der Waals surface area contributed by atoms with Crippen LogP contribution in [-0.4, -0.2) is 40.0 Å². The van der Waals surface area contributed by atoms with E-state index in [9.17, 15) is 4.79 Å². The van der Waals surface area contributed by atoms with Crippen LogP contribution in [0.3, 0.4) is 0 Å². The van der Waals surface area contributed by atoms with Crippen molar-refractivity contribution in [2.24, 2.45) is 5.73 Å². The normalized spacial score (nSPS) is 11.2. The molecule has 0 unspecified atom stereocenters. The Morgan fingerprint density at radius 2 is 2.12 bits per heavy atom. The van der Waals surface area contributed by atoms with Gasteiger partial charge in [-0.2, -0.15) is 0 Å². The molecule has 0 fully saturated rings. The molecule has 2 heterocycles. The van der Waals surface area contributed by atoms with Crippen LogP contribution in [0.4, 0.5) is 17.2 Å². The molecule has 0 atom stereocenters. The Bertz CT molecular complexity index is 760. The number of nitrogens with one attached hydrogen (secondary N) is 1. The first-order valence-electron chi connectivity index (χ1n) is 7.71. The van der Waals surface area contributed by atoms with E-state index in [-0.39, 0.29) is 17.1 Å². The zero-order chi connectivity index (χ0) is 18.6. The molecule has 0 aliphatic heterocycles. The quantitative estimate of drug-likeness (QED) is 0.668. The monoisotopic (exact) mass is 407 g/mol. The van der Waals surface area contributed by atoms with Crippen LogP contribution in [0.1, 0.15) is 30.8 Å². The number of pyridine rings is 1. The Labute approximate surface area is 155 Å². The highest BCUT2D eigenvalue weighted by atomic mass is 79.9. The van der Waals surface area contributed by atoms with E-state index in [0.717, 1.165) is 18.7 Å². The minimum absolute atomic E-state index is 0.0509. The van der Waals surface area contributed by atoms with Crippen molar-refractivity contribution in [2.75, 3.05) is 29.5 Å². The van der Waals surface area contributed by atoms with Gasteiger partial charge in [-0.1, -0.05) is 0 Å². The summed E-state index contributed by atoms with van der Waals surface area (Å²) in [4.78, 5) is 26.6. The molecule has 134 valence electrons. The summed E-state index contributed by atoms with van der Waals surface area (Å²) in [5.41, 5.74) is 13.0. The standard InChI is InChI=1S/C16H22BrN7O/c1-16(2,19)5-7-24(3)11-4-6-20-8-10(11)22-15(25)13-14(18)21-9-12(17)23-13/h4,6,8-9H,5,7,19H2,1-3H3,(H2,18,21)(H,22,25). The third-order valence-electron chi connectivity index (χ3n) is 3.54. The lowest BCUT2D eigenvalue weighted by atomic mass is 10.0. The highest BCUT2D eigenvalue weighted by Gasteiger charge is 2.18. The van der Waals surface area contributed by atoms with E-state index < -0.39 is 5.91 Å². The van der Waals surface area contributed by atoms with Gasteiger partial charge < -0.3 is 21.7 Å². The highest BCUT2D eigenvalue weighted by molar-refractivity contribution is 9.10. The average molecular weight is 408 g/mol. The molecule has 2 aromatic heterocycles. The van der Waals surface area contributed by atoms with Crippen molar-refractivity contribution in [1.82, 2.24) is 15.0 Å². The zero-order valence-electron chi connectivity index (χ0n) is 14.5. The molecular formula is C16H22BrN7O. The van der Waals surface area contributed by atoms with Crippen molar-refractivity contribution in [3.05, 3.63) is 35.0 Å². The first kappa shape index (κ1) is 19.1. The van der Waals surface area contributed by atoms with Crippen molar-refractivity contribution >= 4 is 39.0 Å². The molecule has 9 heteroatoms. The number of hydrogen-bond acceptors (Lipinski definition) is 7. The molecule has 2 rings (SSSR count). The van der Waals surface area contributed by atoms with Gasteiger partial charge in [0.2, 0.25) is 0 Å². The average Bonchev–Trinajstić information content (AvgIpc) is 2.54. The number of hydrogen-bond donors (Lipinski definition) is 3. The zero-order valence-corrected chi connectivity index (χ0v) is 16.0. The van der Waals surface area contributed by atoms with Gasteiger partial charge in [0.15, 0.2) is 11.5 Å². The number of aromatic nitrogens is 3. The molecule has 5 N–H and O–H groups in total. The summed E-state index contributed by atoms with van der Waals surface area (Å²) in [5.74, 6) is -0.391. The third kappa shape index (κ3) is 5.36. The number of nitrogens with two attached hydrogens (primary N) is 2. The fourth-order valence-corrected chi connectivity index (χ4v) is 2.40. The fraction of sp³-hybridized carbons (Fsp3) is 0.375. The fourth-order valence-electron chi connectivity index (χ4n) is 2.12. The Kier molecular flexibility index (Phi) is 5.91. The number of carbonyl (C=O) groups excluding carboxylic acids is 1. The van der Waals surface area contributed by atoms with Crippen LogP contribution >= 0.6 is 15.9 Å². The summed E-state index contributed by atoms with van der Waals surface area (Å²) < 4.78 is 0.431. The van der Waals surface area contributed by atoms with Crippen LogP contribution in [-0.2, 0) is 0 Å². The lowest BCUT2D eigenvalue weighted by Gasteiger charge is -2.26. The second-order valence-electron chi connectivity index (χ2n) is 6.43. The second-order valence-corrected chi connectivity index (χ2v) is 7.25. The van der Waals surface area contributed by atoms with Crippen LogP contribution in [0.2, 0.25) is 0 Å². The molecular weight excluding hydrogens is 386 g/mol. The van der Waals surface area contributed by atoms with Crippen LogP contribution in [0.25, 0.3) is 0 Å². The van der Waals surface area contributed by atoms with E-state index >= 15 is 0 Å². The van der Waals surface area contributed by atoms with E-state index in [2.05, 4.69) is 36.2 Å². The first-order chi connectivity index (χ1) is 11.7.